The van der Waals surface area contributed by atoms with E-state index in [1.54, 1.807) is 18.4 Å². The van der Waals surface area contributed by atoms with Gasteiger partial charge in [0, 0.05) is 22.5 Å². The minimum atomic E-state index is -0.515. The molecule has 1 saturated carbocycles. The van der Waals surface area contributed by atoms with Crippen LogP contribution in [0.4, 0.5) is 0 Å². The molecule has 2 rings (SSSR count). The standard InChI is InChI=1S/C12H17BrO2S/c1-15-12(5-3-2-4-6-12)11(14)9-7-16-8-10(9)13/h7-8,11,14H,2-6H2,1H3. The van der Waals surface area contributed by atoms with Crippen molar-refractivity contribution in [3.05, 3.63) is 20.8 Å². The molecule has 0 saturated heterocycles. The summed E-state index contributed by atoms with van der Waals surface area (Å²) >= 11 is 5.09. The van der Waals surface area contributed by atoms with Crippen LogP contribution in [0.25, 0.3) is 0 Å². The number of hydrogen-bond donors (Lipinski definition) is 1. The van der Waals surface area contributed by atoms with Crippen LogP contribution in [0.1, 0.15) is 43.8 Å². The molecule has 1 aliphatic rings. The van der Waals surface area contributed by atoms with Crippen LogP contribution in [0.2, 0.25) is 0 Å². The van der Waals surface area contributed by atoms with Gasteiger partial charge in [-0.15, -0.1) is 0 Å². The predicted molar refractivity (Wildman–Crippen MR) is 69.8 cm³/mol. The molecule has 1 aliphatic carbocycles. The number of ether oxygens (including phenoxy) is 1. The van der Waals surface area contributed by atoms with Gasteiger partial charge in [0.1, 0.15) is 6.10 Å². The lowest BCUT2D eigenvalue weighted by molar-refractivity contribution is -0.125. The number of halogens is 1. The molecule has 90 valence electrons. The zero-order valence-electron chi connectivity index (χ0n) is 9.41. The van der Waals surface area contributed by atoms with Crippen LogP contribution in [0.5, 0.6) is 0 Å². The zero-order chi connectivity index (χ0) is 11.6. The molecule has 0 aromatic carbocycles. The van der Waals surface area contributed by atoms with Crippen LogP contribution in [-0.2, 0) is 4.74 Å². The largest absolute Gasteiger partial charge is 0.385 e. The Labute approximate surface area is 109 Å². The van der Waals surface area contributed by atoms with E-state index in [1.165, 1.54) is 6.42 Å². The molecule has 1 aromatic rings. The molecule has 0 aliphatic heterocycles. The van der Waals surface area contributed by atoms with E-state index in [0.717, 1.165) is 35.7 Å². The first-order valence-electron chi connectivity index (χ1n) is 5.64. The second-order valence-electron chi connectivity index (χ2n) is 4.41. The second kappa shape index (κ2) is 5.17. The van der Waals surface area contributed by atoms with Crippen molar-refractivity contribution in [1.82, 2.24) is 0 Å². The fourth-order valence-corrected chi connectivity index (χ4v) is 4.04. The lowest BCUT2D eigenvalue weighted by atomic mass is 9.79. The number of aliphatic hydroxyl groups is 1. The number of hydrogen-bond acceptors (Lipinski definition) is 3. The summed E-state index contributed by atoms with van der Waals surface area (Å²) in [5.74, 6) is 0. The predicted octanol–water partition coefficient (Wildman–Crippen LogP) is 3.89. The summed E-state index contributed by atoms with van der Waals surface area (Å²) in [6, 6.07) is 0. The van der Waals surface area contributed by atoms with Crippen molar-refractivity contribution in [3.8, 4) is 0 Å². The highest BCUT2D eigenvalue weighted by Crippen LogP contribution is 2.43. The van der Waals surface area contributed by atoms with Gasteiger partial charge in [0.15, 0.2) is 0 Å². The highest BCUT2D eigenvalue weighted by Gasteiger charge is 2.40. The summed E-state index contributed by atoms with van der Waals surface area (Å²) in [7, 11) is 1.72. The fraction of sp³-hybridized carbons (Fsp3) is 0.667. The van der Waals surface area contributed by atoms with Crippen molar-refractivity contribution in [1.29, 1.82) is 0 Å². The second-order valence-corrected chi connectivity index (χ2v) is 6.01. The Hall–Kier alpha value is 0.100. The van der Waals surface area contributed by atoms with Crippen molar-refractivity contribution in [3.63, 3.8) is 0 Å². The van der Waals surface area contributed by atoms with Crippen molar-refractivity contribution < 1.29 is 9.84 Å². The minimum Gasteiger partial charge on any atom is -0.385 e. The van der Waals surface area contributed by atoms with Crippen LogP contribution >= 0.6 is 27.3 Å². The maximum Gasteiger partial charge on any atom is 0.110 e. The molecule has 0 bridgehead atoms. The molecule has 1 unspecified atom stereocenters. The van der Waals surface area contributed by atoms with E-state index in [-0.39, 0.29) is 5.60 Å². The number of thiophene rings is 1. The Kier molecular flexibility index (Phi) is 4.06. The van der Waals surface area contributed by atoms with Crippen molar-refractivity contribution in [2.24, 2.45) is 0 Å². The molecule has 1 aromatic heterocycles. The van der Waals surface area contributed by atoms with E-state index in [0.29, 0.717) is 0 Å². The van der Waals surface area contributed by atoms with Gasteiger partial charge in [-0.3, -0.25) is 0 Å². The Morgan fingerprint density at radius 1 is 1.38 bits per heavy atom. The summed E-state index contributed by atoms with van der Waals surface area (Å²) < 4.78 is 6.65. The van der Waals surface area contributed by atoms with E-state index in [2.05, 4.69) is 15.9 Å². The zero-order valence-corrected chi connectivity index (χ0v) is 11.8. The highest BCUT2D eigenvalue weighted by atomic mass is 79.9. The maximum atomic E-state index is 10.5. The molecular formula is C12H17BrO2S. The van der Waals surface area contributed by atoms with E-state index in [9.17, 15) is 5.11 Å². The molecule has 0 radical (unpaired) electrons. The lowest BCUT2D eigenvalue weighted by Gasteiger charge is -2.39. The van der Waals surface area contributed by atoms with Gasteiger partial charge in [-0.2, -0.15) is 11.3 Å². The first-order valence-corrected chi connectivity index (χ1v) is 7.38. The smallest absolute Gasteiger partial charge is 0.110 e. The third-order valence-corrected chi connectivity index (χ3v) is 5.29. The van der Waals surface area contributed by atoms with Gasteiger partial charge in [0.05, 0.1) is 5.60 Å². The Morgan fingerprint density at radius 2 is 2.06 bits per heavy atom. The van der Waals surface area contributed by atoms with Crippen LogP contribution in [0.3, 0.4) is 0 Å². The van der Waals surface area contributed by atoms with E-state index >= 15 is 0 Å². The summed E-state index contributed by atoms with van der Waals surface area (Å²) in [6.45, 7) is 0. The van der Waals surface area contributed by atoms with Crippen molar-refractivity contribution in [2.75, 3.05) is 7.11 Å². The molecular weight excluding hydrogens is 288 g/mol. The SMILES string of the molecule is COC1(C(O)c2cscc2Br)CCCCC1. The maximum absolute atomic E-state index is 10.5. The number of aliphatic hydroxyl groups excluding tert-OH is 1. The van der Waals surface area contributed by atoms with E-state index in [1.807, 2.05) is 10.8 Å². The third-order valence-electron chi connectivity index (χ3n) is 3.54. The highest BCUT2D eigenvalue weighted by molar-refractivity contribution is 9.10. The van der Waals surface area contributed by atoms with E-state index < -0.39 is 6.10 Å². The normalized spacial score (nSPS) is 21.9. The van der Waals surface area contributed by atoms with Gasteiger partial charge in [-0.25, -0.2) is 0 Å². The van der Waals surface area contributed by atoms with Gasteiger partial charge in [-0.05, 0) is 34.2 Å². The Balaban J connectivity index is 2.24. The molecule has 0 amide bonds. The number of methoxy groups -OCH3 is 1. The molecule has 4 heteroatoms. The Morgan fingerprint density at radius 3 is 2.56 bits per heavy atom. The quantitative estimate of drug-likeness (QED) is 0.918. The van der Waals surface area contributed by atoms with Crippen molar-refractivity contribution in [2.45, 2.75) is 43.8 Å². The van der Waals surface area contributed by atoms with Gasteiger partial charge in [-0.1, -0.05) is 19.3 Å². The van der Waals surface area contributed by atoms with Gasteiger partial charge in [0.25, 0.3) is 0 Å². The van der Waals surface area contributed by atoms with Crippen LogP contribution in [0.15, 0.2) is 15.2 Å². The molecule has 1 N–H and O–H groups in total. The molecule has 1 heterocycles. The number of rotatable bonds is 3. The molecule has 0 spiro atoms. The fourth-order valence-electron chi connectivity index (χ4n) is 2.51. The topological polar surface area (TPSA) is 29.5 Å². The molecule has 1 atom stereocenters. The minimum absolute atomic E-state index is 0.373. The van der Waals surface area contributed by atoms with Crippen LogP contribution in [0, 0.1) is 0 Å². The lowest BCUT2D eigenvalue weighted by Crippen LogP contribution is -2.40. The average molecular weight is 305 g/mol. The summed E-state index contributed by atoms with van der Waals surface area (Å²) in [6.07, 6.45) is 4.93. The van der Waals surface area contributed by atoms with Gasteiger partial charge in [0.2, 0.25) is 0 Å². The molecule has 2 nitrogen and oxygen atoms in total. The first-order chi connectivity index (χ1) is 7.69. The third kappa shape index (κ3) is 2.21. The van der Waals surface area contributed by atoms with Crippen LogP contribution < -0.4 is 0 Å². The average Bonchev–Trinajstić information content (AvgIpc) is 2.75. The van der Waals surface area contributed by atoms with Gasteiger partial charge >= 0.3 is 0 Å². The van der Waals surface area contributed by atoms with E-state index in [4.69, 9.17) is 4.74 Å². The Bertz CT molecular complexity index is 345. The van der Waals surface area contributed by atoms with Gasteiger partial charge < -0.3 is 9.84 Å². The molecule has 16 heavy (non-hydrogen) atoms. The monoisotopic (exact) mass is 304 g/mol. The summed E-state index contributed by atoms with van der Waals surface area (Å²) in [4.78, 5) is 0. The van der Waals surface area contributed by atoms with Crippen LogP contribution in [-0.4, -0.2) is 17.8 Å². The first kappa shape index (κ1) is 12.6. The summed E-state index contributed by atoms with van der Waals surface area (Å²) in [5.41, 5.74) is 0.593. The summed E-state index contributed by atoms with van der Waals surface area (Å²) in [5, 5.41) is 14.5. The van der Waals surface area contributed by atoms with Crippen molar-refractivity contribution >= 4 is 27.3 Å². The molecule has 1 fully saturated rings.